The average Bonchev–Trinajstić information content (AvgIpc) is 3.19. The number of carbonyl (C=O) groups is 1. The molecule has 7 heteroatoms. The second-order valence-electron chi connectivity index (χ2n) is 6.46. The van der Waals surface area contributed by atoms with Crippen molar-refractivity contribution in [1.29, 1.82) is 0 Å². The molecule has 1 aromatic heterocycles. The summed E-state index contributed by atoms with van der Waals surface area (Å²) in [6, 6.07) is 6.09. The van der Waals surface area contributed by atoms with Gasteiger partial charge in [0.25, 0.3) is 0 Å². The zero-order valence-electron chi connectivity index (χ0n) is 13.8. The molecule has 0 fully saturated rings. The Morgan fingerprint density at radius 1 is 1.33 bits per heavy atom. The van der Waals surface area contributed by atoms with Gasteiger partial charge in [-0.25, -0.2) is 4.68 Å². The van der Waals surface area contributed by atoms with Crippen LogP contribution < -0.4 is 14.8 Å². The first-order chi connectivity index (χ1) is 11.6. The Morgan fingerprint density at radius 3 is 3.00 bits per heavy atom. The maximum absolute atomic E-state index is 11.9. The quantitative estimate of drug-likeness (QED) is 0.937. The molecule has 126 valence electrons. The number of nitrogens with zero attached hydrogens (tertiary/aromatic N) is 3. The van der Waals surface area contributed by atoms with Gasteiger partial charge >= 0.3 is 0 Å². The molecule has 2 aliphatic rings. The topological polar surface area (TPSA) is 78.3 Å². The molecular formula is C17H20N4O3. The normalized spacial score (nSPS) is 18.5. The van der Waals surface area contributed by atoms with Crippen LogP contribution in [0.2, 0.25) is 0 Å². The minimum absolute atomic E-state index is 0.0717. The van der Waals surface area contributed by atoms with Gasteiger partial charge in [-0.15, -0.1) is 5.10 Å². The van der Waals surface area contributed by atoms with Gasteiger partial charge in [-0.1, -0.05) is 19.9 Å². The number of amides is 1. The molecule has 0 spiro atoms. The Balaban J connectivity index is 1.64. The lowest BCUT2D eigenvalue weighted by Gasteiger charge is -2.23. The van der Waals surface area contributed by atoms with Crippen LogP contribution in [0.4, 0.5) is 5.95 Å². The highest BCUT2D eigenvalue weighted by molar-refractivity contribution is 5.90. The molecule has 0 radical (unpaired) electrons. The average molecular weight is 328 g/mol. The van der Waals surface area contributed by atoms with Crippen molar-refractivity contribution in [3.8, 4) is 11.5 Å². The number of hydrogen-bond acceptors (Lipinski definition) is 5. The van der Waals surface area contributed by atoms with Crippen LogP contribution in [0, 0.1) is 5.92 Å². The van der Waals surface area contributed by atoms with Gasteiger partial charge in [-0.3, -0.25) is 10.1 Å². The molecule has 0 aliphatic carbocycles. The van der Waals surface area contributed by atoms with Gasteiger partial charge in [-0.05, 0) is 30.5 Å². The highest BCUT2D eigenvalue weighted by atomic mass is 16.7. The Hall–Kier alpha value is -2.57. The first-order valence-electron chi connectivity index (χ1n) is 8.27. The van der Waals surface area contributed by atoms with E-state index in [0.29, 0.717) is 5.95 Å². The summed E-state index contributed by atoms with van der Waals surface area (Å²) in [5, 5.41) is 7.31. The molecule has 1 amide bonds. The van der Waals surface area contributed by atoms with E-state index in [4.69, 9.17) is 9.47 Å². The predicted octanol–water partition coefficient (Wildman–Crippen LogP) is 2.53. The van der Waals surface area contributed by atoms with Crippen LogP contribution in [-0.2, 0) is 11.2 Å². The lowest BCUT2D eigenvalue weighted by atomic mass is 9.97. The summed E-state index contributed by atoms with van der Waals surface area (Å²) in [7, 11) is 0. The third kappa shape index (κ3) is 2.60. The van der Waals surface area contributed by atoms with E-state index in [1.807, 2.05) is 36.7 Å². The molecule has 24 heavy (non-hydrogen) atoms. The van der Waals surface area contributed by atoms with Gasteiger partial charge < -0.3 is 9.47 Å². The second-order valence-corrected chi connectivity index (χ2v) is 6.46. The molecule has 1 unspecified atom stereocenters. The fourth-order valence-electron chi connectivity index (χ4n) is 3.09. The Kier molecular flexibility index (Phi) is 3.63. The lowest BCUT2D eigenvalue weighted by Crippen LogP contribution is -2.21. The number of benzene rings is 1. The number of aryl methyl sites for hydroxylation is 1. The van der Waals surface area contributed by atoms with Crippen LogP contribution >= 0.6 is 0 Å². The van der Waals surface area contributed by atoms with Gasteiger partial charge in [0.2, 0.25) is 18.6 Å². The molecule has 2 aromatic rings. The van der Waals surface area contributed by atoms with E-state index in [-0.39, 0.29) is 24.7 Å². The van der Waals surface area contributed by atoms with Gasteiger partial charge in [0.1, 0.15) is 5.82 Å². The van der Waals surface area contributed by atoms with Crippen LogP contribution in [-0.4, -0.2) is 27.5 Å². The van der Waals surface area contributed by atoms with Crippen LogP contribution in [0.1, 0.15) is 44.1 Å². The largest absolute Gasteiger partial charge is 0.454 e. The van der Waals surface area contributed by atoms with Gasteiger partial charge in [0.05, 0.1) is 6.04 Å². The van der Waals surface area contributed by atoms with Crippen LogP contribution in [0.5, 0.6) is 11.5 Å². The number of rotatable bonds is 3. The molecule has 1 atom stereocenters. The lowest BCUT2D eigenvalue weighted by molar-refractivity contribution is -0.118. The standard InChI is InChI=1S/C17H20N4O3/c1-10(2)16(22)19-17-18-15-5-3-4-12(21(15)20-17)11-6-7-13-14(8-11)24-9-23-13/h6-8,10,12H,3-5,9H2,1-2H3,(H,19,20,22). The maximum atomic E-state index is 11.9. The van der Waals surface area contributed by atoms with Gasteiger partial charge in [0.15, 0.2) is 11.5 Å². The minimum atomic E-state index is -0.102. The van der Waals surface area contributed by atoms with Crippen molar-refractivity contribution in [3.05, 3.63) is 29.6 Å². The first kappa shape index (κ1) is 15.0. The predicted molar refractivity (Wildman–Crippen MR) is 87.1 cm³/mol. The summed E-state index contributed by atoms with van der Waals surface area (Å²) in [5.74, 6) is 2.67. The molecule has 3 heterocycles. The molecule has 0 bridgehead atoms. The molecule has 7 nitrogen and oxygen atoms in total. The van der Waals surface area contributed by atoms with E-state index in [0.717, 1.165) is 42.1 Å². The highest BCUT2D eigenvalue weighted by Gasteiger charge is 2.27. The fourth-order valence-corrected chi connectivity index (χ4v) is 3.09. The Bertz CT molecular complexity index is 784. The number of hydrogen-bond donors (Lipinski definition) is 1. The van der Waals surface area contributed by atoms with E-state index in [1.54, 1.807) is 0 Å². The number of ether oxygens (including phenoxy) is 2. The number of aromatic nitrogens is 3. The van der Waals surface area contributed by atoms with Crippen molar-refractivity contribution in [1.82, 2.24) is 14.8 Å². The summed E-state index contributed by atoms with van der Waals surface area (Å²) in [5.41, 5.74) is 1.12. The summed E-state index contributed by atoms with van der Waals surface area (Å²) in [4.78, 5) is 16.4. The van der Waals surface area contributed by atoms with Gasteiger partial charge in [0, 0.05) is 12.3 Å². The second kappa shape index (κ2) is 5.81. The maximum Gasteiger partial charge on any atom is 0.249 e. The zero-order valence-corrected chi connectivity index (χ0v) is 13.8. The molecule has 0 saturated heterocycles. The summed E-state index contributed by atoms with van der Waals surface area (Å²) < 4.78 is 12.8. The van der Waals surface area contributed by atoms with E-state index in [2.05, 4.69) is 15.4 Å². The van der Waals surface area contributed by atoms with Crippen molar-refractivity contribution in [2.24, 2.45) is 5.92 Å². The molecule has 1 aromatic carbocycles. The molecule has 2 aliphatic heterocycles. The zero-order chi connectivity index (χ0) is 16.7. The molecular weight excluding hydrogens is 308 g/mol. The Morgan fingerprint density at radius 2 is 2.17 bits per heavy atom. The number of fused-ring (bicyclic) bond motifs is 2. The SMILES string of the molecule is CC(C)C(=O)Nc1nc2n(n1)C(c1ccc3c(c1)OCO3)CCC2. The van der Waals surface area contributed by atoms with E-state index >= 15 is 0 Å². The van der Waals surface area contributed by atoms with Crippen molar-refractivity contribution >= 4 is 11.9 Å². The van der Waals surface area contributed by atoms with E-state index < -0.39 is 0 Å². The smallest absolute Gasteiger partial charge is 0.249 e. The molecule has 1 N–H and O–H groups in total. The minimum Gasteiger partial charge on any atom is -0.454 e. The molecule has 0 saturated carbocycles. The fraction of sp³-hybridized carbons (Fsp3) is 0.471. The molecule has 4 rings (SSSR count). The monoisotopic (exact) mass is 328 g/mol. The number of nitrogens with one attached hydrogen (secondary N) is 1. The first-order valence-corrected chi connectivity index (χ1v) is 8.27. The van der Waals surface area contributed by atoms with Crippen molar-refractivity contribution in [2.75, 3.05) is 12.1 Å². The van der Waals surface area contributed by atoms with Crippen molar-refractivity contribution in [2.45, 2.75) is 39.2 Å². The number of anilines is 1. The van der Waals surface area contributed by atoms with Crippen molar-refractivity contribution < 1.29 is 14.3 Å². The van der Waals surface area contributed by atoms with E-state index in [9.17, 15) is 4.79 Å². The van der Waals surface area contributed by atoms with Crippen LogP contribution in [0.15, 0.2) is 18.2 Å². The van der Waals surface area contributed by atoms with Crippen LogP contribution in [0.25, 0.3) is 0 Å². The summed E-state index contributed by atoms with van der Waals surface area (Å²) >= 11 is 0. The number of carbonyl (C=O) groups excluding carboxylic acids is 1. The van der Waals surface area contributed by atoms with E-state index in [1.165, 1.54) is 0 Å². The third-order valence-corrected chi connectivity index (χ3v) is 4.42. The van der Waals surface area contributed by atoms with Crippen LogP contribution in [0.3, 0.4) is 0 Å². The highest BCUT2D eigenvalue weighted by Crippen LogP contribution is 2.37. The summed E-state index contributed by atoms with van der Waals surface area (Å²) in [6.45, 7) is 3.96. The van der Waals surface area contributed by atoms with Gasteiger partial charge in [-0.2, -0.15) is 4.98 Å². The third-order valence-electron chi connectivity index (χ3n) is 4.42. The Labute approximate surface area is 140 Å². The summed E-state index contributed by atoms with van der Waals surface area (Å²) in [6.07, 6.45) is 2.88. The van der Waals surface area contributed by atoms with Crippen molar-refractivity contribution in [3.63, 3.8) is 0 Å².